The summed E-state index contributed by atoms with van der Waals surface area (Å²) in [6.07, 6.45) is 1.18. The van der Waals surface area contributed by atoms with Crippen LogP contribution in [0.5, 0.6) is 5.75 Å². The second-order valence-corrected chi connectivity index (χ2v) is 7.82. The molecule has 0 radical (unpaired) electrons. The topological polar surface area (TPSA) is 61.9 Å². The molecule has 0 aliphatic carbocycles. The highest BCUT2D eigenvalue weighted by Crippen LogP contribution is 2.25. The second-order valence-electron chi connectivity index (χ2n) is 7.82. The Morgan fingerprint density at radius 1 is 0.938 bits per heavy atom. The maximum atomic E-state index is 13.2. The number of anilines is 2. The molecule has 0 saturated carbocycles. The number of nitrogens with zero attached hydrogens (tertiary/aromatic N) is 2. The first kappa shape index (κ1) is 21.4. The van der Waals surface area contributed by atoms with Crippen molar-refractivity contribution in [1.82, 2.24) is 4.90 Å². The SMILES string of the molecule is COc1cccc(CN2CCCN(c3cccc(NC(=O)Cc4ccccc4)c3)C2=O)c1. The molecule has 1 aliphatic rings. The lowest BCUT2D eigenvalue weighted by molar-refractivity contribution is -0.115. The standard InChI is InChI=1S/C26H27N3O3/c1-32-24-13-5-10-21(16-24)19-28-14-7-15-29(26(28)31)23-12-6-11-22(18-23)27-25(30)17-20-8-3-2-4-9-20/h2-6,8-13,16,18H,7,14-15,17,19H2,1H3,(H,27,30). The first-order chi connectivity index (χ1) is 15.6. The Labute approximate surface area is 188 Å². The molecular formula is C26H27N3O3. The predicted octanol–water partition coefficient (Wildman–Crippen LogP) is 4.71. The summed E-state index contributed by atoms with van der Waals surface area (Å²) in [5, 5.41) is 2.94. The normalized spacial score (nSPS) is 13.7. The van der Waals surface area contributed by atoms with Crippen molar-refractivity contribution >= 4 is 23.3 Å². The molecule has 4 rings (SSSR count). The van der Waals surface area contributed by atoms with Gasteiger partial charge in [0, 0.05) is 31.0 Å². The van der Waals surface area contributed by atoms with Crippen molar-refractivity contribution in [1.29, 1.82) is 0 Å². The number of carbonyl (C=O) groups excluding carboxylic acids is 2. The molecule has 0 spiro atoms. The lowest BCUT2D eigenvalue weighted by Gasteiger charge is -2.36. The Morgan fingerprint density at radius 3 is 2.53 bits per heavy atom. The van der Waals surface area contributed by atoms with Gasteiger partial charge in [0.25, 0.3) is 0 Å². The Kier molecular flexibility index (Phi) is 6.70. The largest absolute Gasteiger partial charge is 0.497 e. The molecule has 1 N–H and O–H groups in total. The molecule has 164 valence electrons. The highest BCUT2D eigenvalue weighted by atomic mass is 16.5. The van der Waals surface area contributed by atoms with E-state index in [9.17, 15) is 9.59 Å². The van der Waals surface area contributed by atoms with E-state index in [1.165, 1.54) is 0 Å². The molecule has 1 heterocycles. The van der Waals surface area contributed by atoms with Crippen LogP contribution in [-0.4, -0.2) is 37.0 Å². The highest BCUT2D eigenvalue weighted by Gasteiger charge is 2.27. The van der Waals surface area contributed by atoms with Crippen molar-refractivity contribution in [2.24, 2.45) is 0 Å². The molecule has 0 unspecified atom stereocenters. The van der Waals surface area contributed by atoms with Gasteiger partial charge in [-0.15, -0.1) is 0 Å². The molecule has 3 amide bonds. The van der Waals surface area contributed by atoms with Gasteiger partial charge in [-0.05, 0) is 47.9 Å². The van der Waals surface area contributed by atoms with Crippen LogP contribution in [0.2, 0.25) is 0 Å². The van der Waals surface area contributed by atoms with Crippen LogP contribution in [0.3, 0.4) is 0 Å². The fourth-order valence-electron chi connectivity index (χ4n) is 3.90. The van der Waals surface area contributed by atoms with Crippen molar-refractivity contribution in [3.8, 4) is 5.75 Å². The molecular weight excluding hydrogens is 402 g/mol. The van der Waals surface area contributed by atoms with Crippen LogP contribution < -0.4 is 15.0 Å². The molecule has 1 saturated heterocycles. The minimum absolute atomic E-state index is 0.0353. The maximum Gasteiger partial charge on any atom is 0.324 e. The van der Waals surface area contributed by atoms with Gasteiger partial charge in [0.2, 0.25) is 5.91 Å². The third-order valence-corrected chi connectivity index (χ3v) is 5.47. The van der Waals surface area contributed by atoms with Gasteiger partial charge in [0.15, 0.2) is 0 Å². The first-order valence-corrected chi connectivity index (χ1v) is 10.8. The lowest BCUT2D eigenvalue weighted by atomic mass is 10.1. The van der Waals surface area contributed by atoms with Crippen molar-refractivity contribution < 1.29 is 14.3 Å². The van der Waals surface area contributed by atoms with Gasteiger partial charge in [-0.2, -0.15) is 0 Å². The van der Waals surface area contributed by atoms with Crippen LogP contribution in [0.25, 0.3) is 0 Å². The molecule has 0 atom stereocenters. The smallest absolute Gasteiger partial charge is 0.324 e. The van der Waals surface area contributed by atoms with Gasteiger partial charge in [-0.1, -0.05) is 48.5 Å². The zero-order valence-corrected chi connectivity index (χ0v) is 18.2. The number of methoxy groups -OCH3 is 1. The summed E-state index contributed by atoms with van der Waals surface area (Å²) in [6, 6.07) is 24.8. The zero-order valence-electron chi connectivity index (χ0n) is 18.2. The average molecular weight is 430 g/mol. The van der Waals surface area contributed by atoms with E-state index in [1.54, 1.807) is 12.0 Å². The maximum absolute atomic E-state index is 13.2. The van der Waals surface area contributed by atoms with Gasteiger partial charge in [0.1, 0.15) is 5.75 Å². The first-order valence-electron chi connectivity index (χ1n) is 10.8. The summed E-state index contributed by atoms with van der Waals surface area (Å²) in [5.41, 5.74) is 3.45. The van der Waals surface area contributed by atoms with E-state index in [0.29, 0.717) is 31.7 Å². The number of carbonyl (C=O) groups is 2. The molecule has 3 aromatic carbocycles. The number of nitrogens with one attached hydrogen (secondary N) is 1. The van der Waals surface area contributed by atoms with E-state index < -0.39 is 0 Å². The van der Waals surface area contributed by atoms with Crippen molar-refractivity contribution in [3.63, 3.8) is 0 Å². The Hall–Kier alpha value is -3.80. The minimum atomic E-state index is -0.0852. The number of amides is 3. The van der Waals surface area contributed by atoms with Gasteiger partial charge >= 0.3 is 6.03 Å². The van der Waals surface area contributed by atoms with Crippen LogP contribution in [0.4, 0.5) is 16.2 Å². The summed E-state index contributed by atoms with van der Waals surface area (Å²) in [7, 11) is 1.64. The van der Waals surface area contributed by atoms with Crippen LogP contribution in [0.15, 0.2) is 78.9 Å². The number of benzene rings is 3. The molecule has 1 aliphatic heterocycles. The number of rotatable bonds is 7. The number of hydrogen-bond donors (Lipinski definition) is 1. The summed E-state index contributed by atoms with van der Waals surface area (Å²) in [5.74, 6) is 0.695. The lowest BCUT2D eigenvalue weighted by Crippen LogP contribution is -2.49. The van der Waals surface area contributed by atoms with Crippen LogP contribution in [0, 0.1) is 0 Å². The van der Waals surface area contributed by atoms with Crippen molar-refractivity contribution in [3.05, 3.63) is 90.0 Å². The van der Waals surface area contributed by atoms with Crippen molar-refractivity contribution in [2.75, 3.05) is 30.4 Å². The second kappa shape index (κ2) is 10.0. The van der Waals surface area contributed by atoms with Gasteiger partial charge in [-0.3, -0.25) is 9.69 Å². The molecule has 3 aromatic rings. The fraction of sp³-hybridized carbons (Fsp3) is 0.231. The van der Waals surface area contributed by atoms with E-state index in [-0.39, 0.29) is 11.9 Å². The number of hydrogen-bond acceptors (Lipinski definition) is 3. The Balaban J connectivity index is 1.43. The fourth-order valence-corrected chi connectivity index (χ4v) is 3.90. The summed E-state index contributed by atoms with van der Waals surface area (Å²) in [6.45, 7) is 1.88. The van der Waals surface area contributed by atoms with Gasteiger partial charge in [-0.25, -0.2) is 4.79 Å². The van der Waals surface area contributed by atoms with E-state index in [1.807, 2.05) is 83.8 Å². The molecule has 6 nitrogen and oxygen atoms in total. The van der Waals surface area contributed by atoms with Crippen LogP contribution in [-0.2, 0) is 17.8 Å². The van der Waals surface area contributed by atoms with Crippen LogP contribution >= 0.6 is 0 Å². The molecule has 32 heavy (non-hydrogen) atoms. The Morgan fingerprint density at radius 2 is 1.72 bits per heavy atom. The molecule has 0 bridgehead atoms. The highest BCUT2D eigenvalue weighted by molar-refractivity contribution is 5.95. The van der Waals surface area contributed by atoms with Gasteiger partial charge < -0.3 is 15.0 Å². The number of ether oxygens (including phenoxy) is 1. The van der Waals surface area contributed by atoms with E-state index in [0.717, 1.165) is 29.0 Å². The number of urea groups is 1. The molecule has 1 fully saturated rings. The summed E-state index contributed by atoms with van der Waals surface area (Å²) >= 11 is 0. The summed E-state index contributed by atoms with van der Waals surface area (Å²) in [4.78, 5) is 29.2. The zero-order chi connectivity index (χ0) is 22.3. The summed E-state index contributed by atoms with van der Waals surface area (Å²) < 4.78 is 5.30. The van der Waals surface area contributed by atoms with E-state index in [2.05, 4.69) is 5.32 Å². The van der Waals surface area contributed by atoms with E-state index >= 15 is 0 Å². The minimum Gasteiger partial charge on any atom is -0.497 e. The van der Waals surface area contributed by atoms with Crippen molar-refractivity contribution in [2.45, 2.75) is 19.4 Å². The third-order valence-electron chi connectivity index (χ3n) is 5.47. The van der Waals surface area contributed by atoms with Crippen LogP contribution in [0.1, 0.15) is 17.5 Å². The molecule has 0 aromatic heterocycles. The molecule has 6 heteroatoms. The third kappa shape index (κ3) is 5.27. The van der Waals surface area contributed by atoms with E-state index in [4.69, 9.17) is 4.74 Å². The predicted molar refractivity (Wildman–Crippen MR) is 126 cm³/mol. The quantitative estimate of drug-likeness (QED) is 0.592. The average Bonchev–Trinajstić information content (AvgIpc) is 2.81. The Bertz CT molecular complexity index is 1080. The van der Waals surface area contributed by atoms with Gasteiger partial charge in [0.05, 0.1) is 13.5 Å². The monoisotopic (exact) mass is 429 g/mol.